The molecule has 9 nitrogen and oxygen atoms in total. The van der Waals surface area contributed by atoms with E-state index in [2.05, 4.69) is 17.2 Å². The Labute approximate surface area is 203 Å². The predicted octanol–water partition coefficient (Wildman–Crippen LogP) is 1.63. The lowest BCUT2D eigenvalue weighted by molar-refractivity contribution is 0.0812. The molecule has 1 heterocycles. The lowest BCUT2D eigenvalue weighted by Crippen LogP contribution is -2.51. The number of sulfonamides is 1. The van der Waals surface area contributed by atoms with Crippen molar-refractivity contribution >= 4 is 16.1 Å². The maximum Gasteiger partial charge on any atom is 0.317 e. The van der Waals surface area contributed by atoms with Crippen LogP contribution in [0.1, 0.15) is 46.6 Å². The minimum absolute atomic E-state index is 0.0309. The highest BCUT2D eigenvalue weighted by Gasteiger charge is 2.38. The number of likely N-dealkylation sites (N-methyl/N-ethyl adjacent to an activating group) is 1. The van der Waals surface area contributed by atoms with Crippen LogP contribution in [0.5, 0.6) is 5.75 Å². The lowest BCUT2D eigenvalue weighted by atomic mass is 10.0. The van der Waals surface area contributed by atoms with Crippen molar-refractivity contribution < 1.29 is 28.2 Å². The zero-order valence-corrected chi connectivity index (χ0v) is 21.6. The maximum atomic E-state index is 13.5. The van der Waals surface area contributed by atoms with Crippen LogP contribution >= 0.6 is 0 Å². The van der Waals surface area contributed by atoms with E-state index in [1.807, 2.05) is 13.8 Å². The molecule has 0 aliphatic carbocycles. The van der Waals surface area contributed by atoms with Gasteiger partial charge in [-0.05, 0) is 45.4 Å². The number of urea groups is 1. The molecule has 10 heteroatoms. The molecule has 190 valence electrons. The number of nitrogens with zero attached hydrogens (tertiary/aromatic N) is 2. The summed E-state index contributed by atoms with van der Waals surface area (Å²) in [4.78, 5) is 13.9. The Bertz CT molecular complexity index is 1030. The van der Waals surface area contributed by atoms with Gasteiger partial charge in [-0.1, -0.05) is 25.7 Å². The number of amides is 2. The summed E-state index contributed by atoms with van der Waals surface area (Å²) in [5.74, 6) is 5.40. The lowest BCUT2D eigenvalue weighted by Gasteiger charge is -2.37. The highest BCUT2D eigenvalue weighted by molar-refractivity contribution is 7.89. The van der Waals surface area contributed by atoms with E-state index in [-0.39, 0.29) is 42.3 Å². The number of carbonyl (C=O) groups is 1. The van der Waals surface area contributed by atoms with Crippen LogP contribution in [0.2, 0.25) is 0 Å². The summed E-state index contributed by atoms with van der Waals surface area (Å²) in [6.45, 7) is 9.16. The average Bonchev–Trinajstić information content (AvgIpc) is 2.77. The molecule has 0 bridgehead atoms. The van der Waals surface area contributed by atoms with Crippen molar-refractivity contribution in [3.63, 3.8) is 0 Å². The van der Waals surface area contributed by atoms with Crippen LogP contribution in [0.4, 0.5) is 4.79 Å². The summed E-state index contributed by atoms with van der Waals surface area (Å²) in [5.41, 5.74) is -0.727. The molecule has 1 aliphatic rings. The molecule has 1 aromatic rings. The highest BCUT2D eigenvalue weighted by Crippen LogP contribution is 2.34. The second-order valence-electron chi connectivity index (χ2n) is 9.32. The van der Waals surface area contributed by atoms with Crippen molar-refractivity contribution in [2.75, 3.05) is 33.3 Å². The number of aliphatic hydroxyl groups excluding tert-OH is 1. The molecular weight excluding hydrogens is 458 g/mol. The molecule has 0 radical (unpaired) electrons. The zero-order chi connectivity index (χ0) is 25.7. The van der Waals surface area contributed by atoms with Crippen LogP contribution in [-0.2, 0) is 10.0 Å². The molecule has 0 unspecified atom stereocenters. The number of ether oxygens (including phenoxy) is 1. The van der Waals surface area contributed by atoms with Crippen LogP contribution in [0, 0.1) is 17.8 Å². The topological polar surface area (TPSA) is 119 Å². The van der Waals surface area contributed by atoms with Crippen molar-refractivity contribution in [3.8, 4) is 17.6 Å². The van der Waals surface area contributed by atoms with Crippen LogP contribution in [-0.4, -0.2) is 84.9 Å². The summed E-state index contributed by atoms with van der Waals surface area (Å²) in [7, 11) is -2.31. The summed E-state index contributed by atoms with van der Waals surface area (Å²) in [6, 6.07) is 3.65. The number of benzene rings is 1. The van der Waals surface area contributed by atoms with Gasteiger partial charge in [0.15, 0.2) is 0 Å². The summed E-state index contributed by atoms with van der Waals surface area (Å²) >= 11 is 0. The van der Waals surface area contributed by atoms with E-state index < -0.39 is 27.8 Å². The van der Waals surface area contributed by atoms with Gasteiger partial charge in [0.2, 0.25) is 10.0 Å². The first-order valence-corrected chi connectivity index (χ1v) is 12.9. The van der Waals surface area contributed by atoms with Gasteiger partial charge in [0.1, 0.15) is 22.4 Å². The molecule has 1 aliphatic heterocycles. The number of hydrogen-bond donors (Lipinski definition) is 3. The number of carbonyl (C=O) groups excluding carboxylic acids is 1. The molecule has 1 aromatic carbocycles. The summed E-state index contributed by atoms with van der Waals surface area (Å²) < 4.78 is 34.5. The number of nitrogens with one attached hydrogen (secondary N) is 1. The minimum Gasteiger partial charge on any atom is -0.487 e. The van der Waals surface area contributed by atoms with Crippen molar-refractivity contribution in [2.45, 2.75) is 63.7 Å². The SMILES string of the molecule is CCCNC(=O)N(C)C[C@H]1Oc2cc(C#CC(C)(C)O)ccc2S(=O)(=O)N([C@@H](C)CO)C[C@@H]1C. The Morgan fingerprint density at radius 2 is 2.09 bits per heavy atom. The monoisotopic (exact) mass is 495 g/mol. The second-order valence-corrected chi connectivity index (χ2v) is 11.2. The largest absolute Gasteiger partial charge is 0.487 e. The Hall–Kier alpha value is -2.32. The summed E-state index contributed by atoms with van der Waals surface area (Å²) in [5, 5.41) is 22.5. The van der Waals surface area contributed by atoms with Gasteiger partial charge in [-0.2, -0.15) is 4.31 Å². The summed E-state index contributed by atoms with van der Waals surface area (Å²) in [6.07, 6.45) is 0.293. The molecule has 3 atom stereocenters. The van der Waals surface area contributed by atoms with Crippen molar-refractivity contribution in [1.82, 2.24) is 14.5 Å². The molecule has 0 fully saturated rings. The first kappa shape index (κ1) is 27.9. The van der Waals surface area contributed by atoms with E-state index in [0.717, 1.165) is 6.42 Å². The van der Waals surface area contributed by atoms with E-state index in [4.69, 9.17) is 4.74 Å². The van der Waals surface area contributed by atoms with Gasteiger partial charge < -0.3 is 25.2 Å². The fraction of sp³-hybridized carbons (Fsp3) is 0.625. The number of aliphatic hydroxyl groups is 2. The first-order chi connectivity index (χ1) is 15.8. The Morgan fingerprint density at radius 1 is 1.41 bits per heavy atom. The maximum absolute atomic E-state index is 13.5. The average molecular weight is 496 g/mol. The number of rotatable bonds is 6. The van der Waals surface area contributed by atoms with Crippen molar-refractivity contribution in [3.05, 3.63) is 23.8 Å². The Morgan fingerprint density at radius 3 is 2.68 bits per heavy atom. The first-order valence-electron chi connectivity index (χ1n) is 11.5. The third-order valence-corrected chi connectivity index (χ3v) is 7.53. The van der Waals surface area contributed by atoms with Gasteiger partial charge in [-0.25, -0.2) is 13.2 Å². The van der Waals surface area contributed by atoms with E-state index in [1.54, 1.807) is 33.9 Å². The molecule has 2 rings (SSSR count). The number of hydrogen-bond acceptors (Lipinski definition) is 6. The van der Waals surface area contributed by atoms with E-state index >= 15 is 0 Å². The van der Waals surface area contributed by atoms with Gasteiger partial charge in [0.25, 0.3) is 0 Å². The second kappa shape index (κ2) is 11.4. The minimum atomic E-state index is -3.97. The van der Waals surface area contributed by atoms with Crippen molar-refractivity contribution in [2.24, 2.45) is 5.92 Å². The fourth-order valence-electron chi connectivity index (χ4n) is 3.47. The van der Waals surface area contributed by atoms with Crippen LogP contribution in [0.3, 0.4) is 0 Å². The van der Waals surface area contributed by atoms with Crippen molar-refractivity contribution in [1.29, 1.82) is 0 Å². The zero-order valence-electron chi connectivity index (χ0n) is 20.8. The van der Waals surface area contributed by atoms with E-state index in [0.29, 0.717) is 12.1 Å². The number of fused-ring (bicyclic) bond motifs is 1. The molecule has 2 amide bonds. The molecule has 3 N–H and O–H groups in total. The standard InChI is InChI=1S/C24H37N3O6S/c1-7-12-25-23(29)26(6)15-21-17(2)14-27(18(3)16-28)34(31,32)22-9-8-19(13-20(22)33-21)10-11-24(4,5)30/h8-9,13,17-18,21,28,30H,7,12,14-16H2,1-6H3,(H,25,29)/t17-,18-,21+/m0/s1. The molecule has 0 saturated heterocycles. The van der Waals surface area contributed by atoms with E-state index in [1.165, 1.54) is 21.3 Å². The predicted molar refractivity (Wildman–Crippen MR) is 130 cm³/mol. The molecule has 0 spiro atoms. The smallest absolute Gasteiger partial charge is 0.317 e. The molecular formula is C24H37N3O6S. The third-order valence-electron chi connectivity index (χ3n) is 5.51. The van der Waals surface area contributed by atoms with Gasteiger partial charge >= 0.3 is 6.03 Å². The normalized spacial score (nSPS) is 21.1. The van der Waals surface area contributed by atoms with Gasteiger partial charge in [-0.3, -0.25) is 0 Å². The molecule has 34 heavy (non-hydrogen) atoms. The van der Waals surface area contributed by atoms with Gasteiger partial charge in [-0.15, -0.1) is 0 Å². The highest BCUT2D eigenvalue weighted by atomic mass is 32.2. The van der Waals surface area contributed by atoms with Crippen LogP contribution in [0.15, 0.2) is 23.1 Å². The van der Waals surface area contributed by atoms with Gasteiger partial charge in [0.05, 0.1) is 13.2 Å². The fourth-order valence-corrected chi connectivity index (χ4v) is 5.29. The quantitative estimate of drug-likeness (QED) is 0.516. The van der Waals surface area contributed by atoms with Crippen LogP contribution in [0.25, 0.3) is 0 Å². The molecule has 0 saturated carbocycles. The van der Waals surface area contributed by atoms with Crippen LogP contribution < -0.4 is 10.1 Å². The Kier molecular flexibility index (Phi) is 9.37. The Balaban J connectivity index is 2.53. The van der Waals surface area contributed by atoms with Gasteiger partial charge in [0, 0.05) is 37.7 Å². The third kappa shape index (κ3) is 7.09. The molecule has 0 aromatic heterocycles. The van der Waals surface area contributed by atoms with E-state index in [9.17, 15) is 23.4 Å².